The number of carbonyl (C=O) groups excluding carboxylic acids is 3. The number of hydrogen-bond acceptors (Lipinski definition) is 6. The highest BCUT2D eigenvalue weighted by Crippen LogP contribution is 2.49. The number of nitrogens with zero attached hydrogens (tertiary/aromatic N) is 4. The predicted molar refractivity (Wildman–Crippen MR) is 146 cm³/mol. The molecule has 2 aliphatic heterocycles. The molecule has 6 rings (SSSR count). The van der Waals surface area contributed by atoms with Crippen molar-refractivity contribution in [1.82, 2.24) is 20.2 Å². The Morgan fingerprint density at radius 3 is 2.61 bits per heavy atom. The Balaban J connectivity index is 1.11. The normalized spacial score (nSPS) is 21.2. The van der Waals surface area contributed by atoms with Crippen molar-refractivity contribution in [3.63, 3.8) is 0 Å². The minimum atomic E-state index is -2.91. The van der Waals surface area contributed by atoms with Crippen LogP contribution in [0, 0.1) is 11.7 Å². The molecule has 3 amide bonds. The van der Waals surface area contributed by atoms with Gasteiger partial charge in [0.25, 0.3) is 18.2 Å². The van der Waals surface area contributed by atoms with Crippen LogP contribution in [-0.2, 0) is 10.2 Å². The second-order valence-corrected chi connectivity index (χ2v) is 11.9. The third kappa shape index (κ3) is 4.86. The third-order valence-electron chi connectivity index (χ3n) is 8.23. The molecule has 13 heteroatoms. The van der Waals surface area contributed by atoms with E-state index in [0.717, 1.165) is 6.20 Å². The highest BCUT2D eigenvalue weighted by molar-refractivity contribution is 7.07. The zero-order chi connectivity index (χ0) is 28.9. The van der Waals surface area contributed by atoms with Gasteiger partial charge in [-0.1, -0.05) is 17.7 Å². The molecule has 1 saturated heterocycles. The Hall–Kier alpha value is -3.51. The van der Waals surface area contributed by atoms with Gasteiger partial charge in [0.15, 0.2) is 0 Å². The topological polar surface area (TPSA) is 95.5 Å². The molecule has 0 bridgehead atoms. The average Bonchev–Trinajstić information content (AvgIpc) is 3.55. The van der Waals surface area contributed by atoms with Gasteiger partial charge in [0, 0.05) is 42.8 Å². The van der Waals surface area contributed by atoms with E-state index in [1.807, 2.05) is 0 Å². The van der Waals surface area contributed by atoms with Crippen molar-refractivity contribution in [2.45, 2.75) is 43.6 Å². The van der Waals surface area contributed by atoms with Crippen molar-refractivity contribution in [2.24, 2.45) is 5.92 Å². The van der Waals surface area contributed by atoms with Crippen LogP contribution in [0.3, 0.4) is 0 Å². The van der Waals surface area contributed by atoms with E-state index in [4.69, 9.17) is 11.6 Å². The lowest BCUT2D eigenvalue weighted by atomic mass is 9.74. The van der Waals surface area contributed by atoms with Crippen molar-refractivity contribution >= 4 is 46.3 Å². The number of rotatable bonds is 6. The van der Waals surface area contributed by atoms with E-state index in [9.17, 15) is 23.2 Å². The summed E-state index contributed by atoms with van der Waals surface area (Å²) < 4.78 is 41.9. The smallest absolute Gasteiger partial charge is 0.281 e. The fraction of sp³-hybridized carbons (Fsp3) is 0.393. The van der Waals surface area contributed by atoms with Crippen LogP contribution < -0.4 is 10.2 Å². The van der Waals surface area contributed by atoms with Crippen molar-refractivity contribution in [2.75, 3.05) is 24.5 Å². The summed E-state index contributed by atoms with van der Waals surface area (Å²) in [7, 11) is 0. The van der Waals surface area contributed by atoms with Gasteiger partial charge in [-0.3, -0.25) is 19.4 Å². The molecule has 0 radical (unpaired) electrons. The summed E-state index contributed by atoms with van der Waals surface area (Å²) in [5.74, 6) is -1.53. The summed E-state index contributed by atoms with van der Waals surface area (Å²) in [5.41, 5.74) is 0.750. The van der Waals surface area contributed by atoms with E-state index >= 15 is 4.39 Å². The van der Waals surface area contributed by atoms with Crippen LogP contribution in [0.4, 0.5) is 18.9 Å². The fourth-order valence-electron chi connectivity index (χ4n) is 6.21. The van der Waals surface area contributed by atoms with Crippen LogP contribution in [0.25, 0.3) is 0 Å². The first kappa shape index (κ1) is 27.6. The zero-order valence-electron chi connectivity index (χ0n) is 21.7. The molecule has 41 heavy (non-hydrogen) atoms. The number of carbonyl (C=O) groups is 3. The fourth-order valence-corrected chi connectivity index (χ4v) is 6.89. The van der Waals surface area contributed by atoms with Crippen LogP contribution in [-0.4, -0.2) is 58.3 Å². The minimum absolute atomic E-state index is 0.0877. The number of benzene rings is 1. The molecule has 2 fully saturated rings. The van der Waals surface area contributed by atoms with Crippen molar-refractivity contribution in [3.05, 3.63) is 74.7 Å². The van der Waals surface area contributed by atoms with Gasteiger partial charge >= 0.3 is 0 Å². The number of alkyl halides is 2. The van der Waals surface area contributed by atoms with E-state index in [1.165, 1.54) is 28.4 Å². The maximum absolute atomic E-state index is 15.2. The standard InChI is InChI=1S/C28H25ClF3N5O3S/c29-16-8-18(23(24(31)32)33-9-16)25(38)35-17-6-4-15(5-7-17)10-37-21-3-1-2-19(30)22(21)28(27(37)40)12-36(13-28)26(39)20-11-41-14-34-20/h1-3,8-9,11,14-15,17,24H,4-7,10,12-13H2,(H,35,38). The van der Waals surface area contributed by atoms with Crippen LogP contribution >= 0.6 is 22.9 Å². The molecule has 1 aromatic carbocycles. The summed E-state index contributed by atoms with van der Waals surface area (Å²) >= 11 is 7.19. The first-order valence-electron chi connectivity index (χ1n) is 13.2. The van der Waals surface area contributed by atoms with Crippen molar-refractivity contribution in [1.29, 1.82) is 0 Å². The maximum Gasteiger partial charge on any atom is 0.281 e. The lowest BCUT2D eigenvalue weighted by Gasteiger charge is -2.46. The Labute approximate surface area is 242 Å². The van der Waals surface area contributed by atoms with E-state index < -0.39 is 29.3 Å². The van der Waals surface area contributed by atoms with Crippen LogP contribution in [0.2, 0.25) is 5.02 Å². The molecule has 3 aliphatic rings. The van der Waals surface area contributed by atoms with E-state index in [-0.39, 0.29) is 47.4 Å². The molecule has 0 unspecified atom stereocenters. The quantitative estimate of drug-likeness (QED) is 0.428. The Bertz CT molecular complexity index is 1510. The maximum atomic E-state index is 15.2. The predicted octanol–water partition coefficient (Wildman–Crippen LogP) is 5.00. The second-order valence-electron chi connectivity index (χ2n) is 10.7. The van der Waals surface area contributed by atoms with Crippen LogP contribution in [0.15, 0.2) is 41.4 Å². The number of likely N-dealkylation sites (tertiary alicyclic amines) is 1. The molecule has 214 valence electrons. The zero-order valence-corrected chi connectivity index (χ0v) is 23.2. The number of aromatic nitrogens is 2. The molecule has 1 saturated carbocycles. The molecule has 1 aliphatic carbocycles. The lowest BCUT2D eigenvalue weighted by Crippen LogP contribution is -2.65. The summed E-state index contributed by atoms with van der Waals surface area (Å²) in [6.45, 7) is 0.556. The van der Waals surface area contributed by atoms with Gasteiger partial charge < -0.3 is 15.1 Å². The number of fused-ring (bicyclic) bond motifs is 2. The first-order valence-corrected chi connectivity index (χ1v) is 14.5. The highest BCUT2D eigenvalue weighted by atomic mass is 35.5. The number of hydrogen-bond donors (Lipinski definition) is 1. The summed E-state index contributed by atoms with van der Waals surface area (Å²) in [6, 6.07) is 5.61. The minimum Gasteiger partial charge on any atom is -0.349 e. The summed E-state index contributed by atoms with van der Waals surface area (Å²) in [5, 5.41) is 4.56. The molecule has 2 aromatic heterocycles. The van der Waals surface area contributed by atoms with Gasteiger partial charge in [-0.15, -0.1) is 11.3 Å². The summed E-state index contributed by atoms with van der Waals surface area (Å²) in [4.78, 5) is 50.2. The number of pyridine rings is 1. The van der Waals surface area contributed by atoms with Gasteiger partial charge in [0.05, 0.1) is 21.8 Å². The molecule has 0 atom stereocenters. The Kier molecular flexibility index (Phi) is 7.23. The average molecular weight is 604 g/mol. The van der Waals surface area contributed by atoms with E-state index in [0.29, 0.717) is 49.2 Å². The molecule has 1 spiro atoms. The van der Waals surface area contributed by atoms with Gasteiger partial charge in [0.1, 0.15) is 22.6 Å². The molecule has 3 aromatic rings. The number of anilines is 1. The number of thiazole rings is 1. The lowest BCUT2D eigenvalue weighted by molar-refractivity contribution is -0.128. The Morgan fingerprint density at radius 1 is 1.17 bits per heavy atom. The van der Waals surface area contributed by atoms with Gasteiger partial charge in [-0.25, -0.2) is 18.2 Å². The van der Waals surface area contributed by atoms with Crippen molar-refractivity contribution < 1.29 is 27.6 Å². The van der Waals surface area contributed by atoms with Gasteiger partial charge in [-0.05, 0) is 49.8 Å². The number of amides is 3. The highest BCUT2D eigenvalue weighted by Gasteiger charge is 2.60. The molecule has 4 heterocycles. The largest absolute Gasteiger partial charge is 0.349 e. The van der Waals surface area contributed by atoms with Gasteiger partial charge in [-0.2, -0.15) is 0 Å². The van der Waals surface area contributed by atoms with Crippen LogP contribution in [0.1, 0.15) is 64.2 Å². The Morgan fingerprint density at radius 2 is 1.93 bits per heavy atom. The van der Waals surface area contributed by atoms with E-state index in [2.05, 4.69) is 15.3 Å². The second kappa shape index (κ2) is 10.7. The van der Waals surface area contributed by atoms with E-state index in [1.54, 1.807) is 27.9 Å². The number of halogens is 4. The van der Waals surface area contributed by atoms with Gasteiger partial charge in [0.2, 0.25) is 5.91 Å². The third-order valence-corrected chi connectivity index (χ3v) is 9.03. The first-order chi connectivity index (χ1) is 19.7. The monoisotopic (exact) mass is 603 g/mol. The number of nitrogens with one attached hydrogen (secondary N) is 1. The molecular weight excluding hydrogens is 579 g/mol. The molecular formula is C28H25ClF3N5O3S. The van der Waals surface area contributed by atoms with Crippen molar-refractivity contribution in [3.8, 4) is 0 Å². The SMILES string of the molecule is O=C(NC1CCC(CN2C(=O)C3(CN(C(=O)c4cscn4)C3)c3c(F)cccc32)CC1)c1cc(Cl)cnc1C(F)F. The van der Waals surface area contributed by atoms with Crippen LogP contribution in [0.5, 0.6) is 0 Å². The molecule has 1 N–H and O–H groups in total. The summed E-state index contributed by atoms with van der Waals surface area (Å²) in [6.07, 6.45) is 0.706. The molecule has 8 nitrogen and oxygen atoms in total.